The van der Waals surface area contributed by atoms with Crippen LogP contribution in [0.5, 0.6) is 0 Å². The molecule has 1 aromatic carbocycles. The maximum Gasteiger partial charge on any atom is 0.271 e. The fourth-order valence-electron chi connectivity index (χ4n) is 3.21. The Labute approximate surface area is 152 Å². The van der Waals surface area contributed by atoms with Crippen LogP contribution in [0.3, 0.4) is 0 Å². The van der Waals surface area contributed by atoms with E-state index in [0.717, 1.165) is 50.5 Å². The first-order valence-corrected chi connectivity index (χ1v) is 8.88. The molecular weight excluding hydrogens is 328 g/mol. The Bertz CT molecular complexity index is 834. The molecule has 26 heavy (non-hydrogen) atoms. The van der Waals surface area contributed by atoms with Crippen LogP contribution in [-0.2, 0) is 6.54 Å². The molecular formula is C19H22N6O. The number of rotatable bonds is 5. The van der Waals surface area contributed by atoms with E-state index in [1.54, 1.807) is 6.20 Å². The number of nitrogens with zero attached hydrogens (tertiary/aromatic N) is 5. The van der Waals surface area contributed by atoms with Crippen LogP contribution < -0.4 is 0 Å². The number of nitrogens with one attached hydrogen (secondary N) is 1. The van der Waals surface area contributed by atoms with Crippen LogP contribution >= 0.6 is 0 Å². The highest BCUT2D eigenvalue weighted by molar-refractivity contribution is 5.93. The van der Waals surface area contributed by atoms with Crippen molar-refractivity contribution in [3.05, 3.63) is 60.8 Å². The molecule has 0 radical (unpaired) electrons. The van der Waals surface area contributed by atoms with Gasteiger partial charge >= 0.3 is 0 Å². The van der Waals surface area contributed by atoms with Crippen molar-refractivity contribution >= 4 is 5.91 Å². The molecule has 3 aromatic rings. The predicted octanol–water partition coefficient (Wildman–Crippen LogP) is 1.73. The molecule has 3 heterocycles. The summed E-state index contributed by atoms with van der Waals surface area (Å²) < 4.78 is 2.08. The number of piperazine rings is 1. The standard InChI is InChI=1S/C19H22N6O/c26-19(18-14-17(21-22-18)16-4-2-1-3-5-16)25-12-10-23(11-13-25)8-9-24-7-6-20-15-24/h1-7,14-15H,8-13H2,(H,21,22). The first-order valence-electron chi connectivity index (χ1n) is 8.88. The first-order chi connectivity index (χ1) is 12.8. The number of H-pyrrole nitrogens is 1. The summed E-state index contributed by atoms with van der Waals surface area (Å²) in [6.07, 6.45) is 5.61. The molecule has 1 fully saturated rings. The minimum absolute atomic E-state index is 0.0222. The Morgan fingerprint density at radius 2 is 1.88 bits per heavy atom. The molecule has 1 N–H and O–H groups in total. The highest BCUT2D eigenvalue weighted by Crippen LogP contribution is 2.18. The zero-order valence-corrected chi connectivity index (χ0v) is 14.6. The molecule has 7 heteroatoms. The Kier molecular flexibility index (Phi) is 4.79. The fraction of sp³-hybridized carbons (Fsp3) is 0.316. The van der Waals surface area contributed by atoms with Gasteiger partial charge < -0.3 is 9.47 Å². The van der Waals surface area contributed by atoms with E-state index in [-0.39, 0.29) is 5.91 Å². The van der Waals surface area contributed by atoms with Gasteiger partial charge in [-0.15, -0.1) is 0 Å². The third kappa shape index (κ3) is 3.67. The molecule has 0 aliphatic carbocycles. The van der Waals surface area contributed by atoms with Crippen molar-refractivity contribution in [1.82, 2.24) is 29.5 Å². The Balaban J connectivity index is 1.31. The van der Waals surface area contributed by atoms with E-state index in [4.69, 9.17) is 0 Å². The summed E-state index contributed by atoms with van der Waals surface area (Å²) in [6.45, 7) is 5.15. The minimum Gasteiger partial charge on any atom is -0.336 e. The van der Waals surface area contributed by atoms with Gasteiger partial charge in [-0.25, -0.2) is 4.98 Å². The summed E-state index contributed by atoms with van der Waals surface area (Å²) in [7, 11) is 0. The molecule has 1 aliphatic rings. The van der Waals surface area contributed by atoms with Gasteiger partial charge in [0.15, 0.2) is 0 Å². The lowest BCUT2D eigenvalue weighted by atomic mass is 10.1. The lowest BCUT2D eigenvalue weighted by Gasteiger charge is -2.34. The molecule has 1 saturated heterocycles. The van der Waals surface area contributed by atoms with Crippen molar-refractivity contribution in [3.63, 3.8) is 0 Å². The number of carbonyl (C=O) groups excluding carboxylic acids is 1. The van der Waals surface area contributed by atoms with E-state index in [1.807, 2.05) is 53.8 Å². The number of aromatic amines is 1. The van der Waals surface area contributed by atoms with Gasteiger partial charge in [0.1, 0.15) is 5.69 Å². The van der Waals surface area contributed by atoms with E-state index in [2.05, 4.69) is 24.6 Å². The van der Waals surface area contributed by atoms with Gasteiger partial charge in [0.25, 0.3) is 5.91 Å². The summed E-state index contributed by atoms with van der Waals surface area (Å²) in [6, 6.07) is 11.7. The lowest BCUT2D eigenvalue weighted by Crippen LogP contribution is -2.49. The summed E-state index contributed by atoms with van der Waals surface area (Å²) in [5.41, 5.74) is 2.36. The SMILES string of the molecule is O=C(c1cc(-c2ccccc2)n[nH]1)N1CCN(CCn2ccnc2)CC1. The summed E-state index contributed by atoms with van der Waals surface area (Å²) in [4.78, 5) is 21.1. The molecule has 0 spiro atoms. The van der Waals surface area contributed by atoms with Gasteiger partial charge in [0.05, 0.1) is 12.0 Å². The molecule has 0 unspecified atom stereocenters. The largest absolute Gasteiger partial charge is 0.336 e. The number of benzene rings is 1. The molecule has 4 rings (SSSR count). The highest BCUT2D eigenvalue weighted by atomic mass is 16.2. The second kappa shape index (κ2) is 7.53. The molecule has 2 aromatic heterocycles. The van der Waals surface area contributed by atoms with E-state index >= 15 is 0 Å². The van der Waals surface area contributed by atoms with Crippen LogP contribution in [0.4, 0.5) is 0 Å². The Hall–Kier alpha value is -2.93. The molecule has 0 saturated carbocycles. The third-order valence-electron chi connectivity index (χ3n) is 4.77. The molecule has 7 nitrogen and oxygen atoms in total. The number of carbonyl (C=O) groups is 1. The maximum absolute atomic E-state index is 12.7. The first kappa shape index (κ1) is 16.5. The van der Waals surface area contributed by atoms with Crippen LogP contribution in [0.1, 0.15) is 10.5 Å². The van der Waals surface area contributed by atoms with Gasteiger partial charge in [-0.1, -0.05) is 30.3 Å². The van der Waals surface area contributed by atoms with Gasteiger partial charge in [0, 0.05) is 57.2 Å². The third-order valence-corrected chi connectivity index (χ3v) is 4.77. The highest BCUT2D eigenvalue weighted by Gasteiger charge is 2.23. The second-order valence-corrected chi connectivity index (χ2v) is 6.47. The van der Waals surface area contributed by atoms with Crippen molar-refractivity contribution in [2.45, 2.75) is 6.54 Å². The monoisotopic (exact) mass is 350 g/mol. The van der Waals surface area contributed by atoms with Gasteiger partial charge in [-0.05, 0) is 6.07 Å². The Morgan fingerprint density at radius 1 is 1.08 bits per heavy atom. The maximum atomic E-state index is 12.7. The van der Waals surface area contributed by atoms with Crippen molar-refractivity contribution in [1.29, 1.82) is 0 Å². The number of hydrogen-bond donors (Lipinski definition) is 1. The summed E-state index contributed by atoms with van der Waals surface area (Å²) >= 11 is 0. The number of amides is 1. The second-order valence-electron chi connectivity index (χ2n) is 6.47. The average molecular weight is 350 g/mol. The van der Waals surface area contributed by atoms with Crippen LogP contribution in [0.2, 0.25) is 0 Å². The molecule has 1 aliphatic heterocycles. The van der Waals surface area contributed by atoms with E-state index < -0.39 is 0 Å². The number of hydrogen-bond acceptors (Lipinski definition) is 4. The van der Waals surface area contributed by atoms with Crippen molar-refractivity contribution < 1.29 is 4.79 Å². The summed E-state index contributed by atoms with van der Waals surface area (Å²) in [5.74, 6) is 0.0222. The molecule has 134 valence electrons. The molecule has 0 atom stereocenters. The van der Waals surface area contributed by atoms with Crippen LogP contribution in [0.25, 0.3) is 11.3 Å². The number of imidazole rings is 1. The van der Waals surface area contributed by atoms with Crippen molar-refractivity contribution in [3.8, 4) is 11.3 Å². The zero-order valence-electron chi connectivity index (χ0n) is 14.6. The lowest BCUT2D eigenvalue weighted by molar-refractivity contribution is 0.0627. The predicted molar refractivity (Wildman–Crippen MR) is 98.6 cm³/mol. The van der Waals surface area contributed by atoms with Gasteiger partial charge in [-0.2, -0.15) is 5.10 Å². The fourth-order valence-corrected chi connectivity index (χ4v) is 3.21. The van der Waals surface area contributed by atoms with E-state index in [0.29, 0.717) is 5.69 Å². The summed E-state index contributed by atoms with van der Waals surface area (Å²) in [5, 5.41) is 7.17. The number of aromatic nitrogens is 4. The molecule has 0 bridgehead atoms. The van der Waals surface area contributed by atoms with Crippen molar-refractivity contribution in [2.75, 3.05) is 32.7 Å². The van der Waals surface area contributed by atoms with Crippen LogP contribution in [-0.4, -0.2) is 68.2 Å². The van der Waals surface area contributed by atoms with Crippen molar-refractivity contribution in [2.24, 2.45) is 0 Å². The average Bonchev–Trinajstić information content (AvgIpc) is 3.39. The normalized spacial score (nSPS) is 15.3. The molecule has 1 amide bonds. The Morgan fingerprint density at radius 3 is 2.62 bits per heavy atom. The van der Waals surface area contributed by atoms with Crippen LogP contribution in [0, 0.1) is 0 Å². The quantitative estimate of drug-likeness (QED) is 0.761. The van der Waals surface area contributed by atoms with Gasteiger partial charge in [-0.3, -0.25) is 14.8 Å². The van der Waals surface area contributed by atoms with E-state index in [9.17, 15) is 4.79 Å². The van der Waals surface area contributed by atoms with Gasteiger partial charge in [0.2, 0.25) is 0 Å². The van der Waals surface area contributed by atoms with Crippen LogP contribution in [0.15, 0.2) is 55.1 Å². The minimum atomic E-state index is 0.0222. The van der Waals surface area contributed by atoms with E-state index in [1.165, 1.54) is 0 Å². The topological polar surface area (TPSA) is 70.1 Å². The smallest absolute Gasteiger partial charge is 0.271 e. The zero-order chi connectivity index (χ0) is 17.8.